The first-order valence-corrected chi connectivity index (χ1v) is 15.6. The zero-order chi connectivity index (χ0) is 31.0. The second kappa shape index (κ2) is 9.34. The van der Waals surface area contributed by atoms with Crippen LogP contribution in [-0.2, 0) is 42.9 Å². The standard InChI is InChI=1S/C32H42O11/c1-12-16(11-39-29(12)37)7-19(35)13(2)24-20(36)8-17-23-18(9-22(30(17,24)5)40-14(3)33)31(6)27(41-15(4)34)25-21(42-25)10-32(31,38)28-26(23)43-28/h13,17-19,21-28,35,38H,7-11H2,1-6H3/t13-,17+,18+,19-,21+,22+,23+,24+,25+,26+,27+,28+,30-,31+,32+/m1/s1. The second-order valence-corrected chi connectivity index (χ2v) is 14.7. The first-order chi connectivity index (χ1) is 20.1. The van der Waals surface area contributed by atoms with E-state index >= 15 is 0 Å². The quantitative estimate of drug-likeness (QED) is 0.258. The van der Waals surface area contributed by atoms with Crippen molar-refractivity contribution in [2.45, 2.75) is 116 Å². The predicted octanol–water partition coefficient (Wildman–Crippen LogP) is 1.65. The van der Waals surface area contributed by atoms with Crippen LogP contribution in [0.4, 0.5) is 0 Å². The highest BCUT2D eigenvalue weighted by Crippen LogP contribution is 2.74. The van der Waals surface area contributed by atoms with Gasteiger partial charge in [0.2, 0.25) is 0 Å². The molecule has 0 radical (unpaired) electrons. The molecule has 0 aromatic heterocycles. The third-order valence-electron chi connectivity index (χ3n) is 12.8. The maximum Gasteiger partial charge on any atom is 0.334 e. The summed E-state index contributed by atoms with van der Waals surface area (Å²) in [6.07, 6.45) is -2.51. The Morgan fingerprint density at radius 3 is 2.40 bits per heavy atom. The van der Waals surface area contributed by atoms with E-state index in [0.717, 1.165) is 5.57 Å². The molecule has 7 rings (SSSR count). The van der Waals surface area contributed by atoms with Crippen LogP contribution >= 0.6 is 0 Å². The molecule has 7 aliphatic rings. The molecule has 236 valence electrons. The Kier molecular flexibility index (Phi) is 6.38. The van der Waals surface area contributed by atoms with Gasteiger partial charge in [-0.25, -0.2) is 4.79 Å². The minimum Gasteiger partial charge on any atom is -0.462 e. The summed E-state index contributed by atoms with van der Waals surface area (Å²) >= 11 is 0. The molecule has 2 N–H and O–H groups in total. The minimum absolute atomic E-state index is 0.00439. The van der Waals surface area contributed by atoms with Crippen LogP contribution in [0.2, 0.25) is 0 Å². The number of cyclic esters (lactones) is 1. The molecule has 3 aliphatic heterocycles. The van der Waals surface area contributed by atoms with Gasteiger partial charge in [0.25, 0.3) is 0 Å². The molecule has 43 heavy (non-hydrogen) atoms. The highest BCUT2D eigenvalue weighted by molar-refractivity contribution is 5.91. The number of carbonyl (C=O) groups is 4. The summed E-state index contributed by atoms with van der Waals surface area (Å²) in [5, 5.41) is 23.8. The maximum atomic E-state index is 14.0. The fourth-order valence-corrected chi connectivity index (χ4v) is 10.6. The Morgan fingerprint density at radius 2 is 1.77 bits per heavy atom. The lowest BCUT2D eigenvalue weighted by molar-refractivity contribution is -0.250. The van der Waals surface area contributed by atoms with Crippen molar-refractivity contribution >= 4 is 23.7 Å². The van der Waals surface area contributed by atoms with E-state index in [-0.39, 0.29) is 61.3 Å². The van der Waals surface area contributed by atoms with Gasteiger partial charge in [-0.15, -0.1) is 0 Å². The maximum absolute atomic E-state index is 14.0. The van der Waals surface area contributed by atoms with E-state index in [1.54, 1.807) is 6.92 Å². The second-order valence-electron chi connectivity index (χ2n) is 14.7. The third-order valence-corrected chi connectivity index (χ3v) is 12.8. The molecule has 11 nitrogen and oxygen atoms in total. The zero-order valence-corrected chi connectivity index (χ0v) is 25.5. The number of Topliss-reactive ketones (excluding diaryl/α,β-unsaturated/α-hetero) is 1. The van der Waals surface area contributed by atoms with Crippen molar-refractivity contribution in [3.05, 3.63) is 11.1 Å². The number of epoxide rings is 2. The smallest absolute Gasteiger partial charge is 0.334 e. The Labute approximate surface area is 250 Å². The number of hydrogen-bond donors (Lipinski definition) is 2. The summed E-state index contributed by atoms with van der Waals surface area (Å²) in [5.74, 6) is -3.16. The summed E-state index contributed by atoms with van der Waals surface area (Å²) in [6, 6.07) is 0. The summed E-state index contributed by atoms with van der Waals surface area (Å²) in [5.41, 5.74) is -1.89. The van der Waals surface area contributed by atoms with Gasteiger partial charge in [-0.3, -0.25) is 14.4 Å². The molecule has 3 heterocycles. The van der Waals surface area contributed by atoms with Gasteiger partial charge < -0.3 is 33.9 Å². The average Bonchev–Trinajstić information content (AvgIpc) is 3.82. The van der Waals surface area contributed by atoms with Gasteiger partial charge in [0.15, 0.2) is 0 Å². The summed E-state index contributed by atoms with van der Waals surface area (Å²) < 4.78 is 29.3. The molecule has 15 atom stereocenters. The largest absolute Gasteiger partial charge is 0.462 e. The lowest BCUT2D eigenvalue weighted by Crippen LogP contribution is -2.72. The number of rotatable bonds is 6. The van der Waals surface area contributed by atoms with Crippen LogP contribution in [0, 0.1) is 40.4 Å². The number of fused-ring (bicyclic) bond motifs is 9. The van der Waals surface area contributed by atoms with Gasteiger partial charge in [-0.05, 0) is 49.0 Å². The Bertz CT molecular complexity index is 1320. The Morgan fingerprint density at radius 1 is 1.07 bits per heavy atom. The highest BCUT2D eigenvalue weighted by Gasteiger charge is 2.83. The SMILES string of the molecule is CC(=O)O[C@H]1C[C@H]2[C@@H]([C@@H]3O[C@@H]3[C@@]3(O)C[C@@H]4O[C@@H]4[C@H](OC(C)=O)[C@]23C)[C@@H]2CC(=O)[C@H]([C@H](C)[C@H](O)CC3=C(C)C(=O)OC3)[C@@]12C. The molecule has 0 aromatic rings. The van der Waals surface area contributed by atoms with Crippen molar-refractivity contribution in [1.82, 2.24) is 0 Å². The number of esters is 3. The van der Waals surface area contributed by atoms with E-state index in [4.69, 9.17) is 23.7 Å². The molecule has 4 saturated carbocycles. The fourth-order valence-electron chi connectivity index (χ4n) is 10.6. The van der Waals surface area contributed by atoms with E-state index in [9.17, 15) is 29.4 Å². The van der Waals surface area contributed by atoms with Crippen molar-refractivity contribution in [2.75, 3.05) is 6.61 Å². The Balaban J connectivity index is 1.27. The van der Waals surface area contributed by atoms with Gasteiger partial charge in [0, 0.05) is 49.0 Å². The topological polar surface area (TPSA) is 161 Å². The van der Waals surface area contributed by atoms with Crippen LogP contribution in [-0.4, -0.2) is 88.8 Å². The normalized spacial score (nSPS) is 50.3. The van der Waals surface area contributed by atoms with Gasteiger partial charge in [0.1, 0.15) is 42.4 Å². The monoisotopic (exact) mass is 602 g/mol. The number of ether oxygens (including phenoxy) is 5. The average molecular weight is 603 g/mol. The van der Waals surface area contributed by atoms with Crippen LogP contribution in [0.5, 0.6) is 0 Å². The molecule has 4 aliphatic carbocycles. The van der Waals surface area contributed by atoms with Crippen LogP contribution in [0.1, 0.15) is 67.2 Å². The molecule has 11 heteroatoms. The molecule has 2 saturated heterocycles. The van der Waals surface area contributed by atoms with Crippen LogP contribution < -0.4 is 0 Å². The highest BCUT2D eigenvalue weighted by atomic mass is 16.6. The van der Waals surface area contributed by atoms with Crippen molar-refractivity contribution < 1.29 is 53.1 Å². The Hall–Kier alpha value is -2.34. The van der Waals surface area contributed by atoms with Gasteiger partial charge >= 0.3 is 17.9 Å². The fraction of sp³-hybridized carbons (Fsp3) is 0.812. The first-order valence-electron chi connectivity index (χ1n) is 15.6. The van der Waals surface area contributed by atoms with Crippen molar-refractivity contribution in [1.29, 1.82) is 0 Å². The predicted molar refractivity (Wildman–Crippen MR) is 146 cm³/mol. The lowest BCUT2D eigenvalue weighted by atomic mass is 9.42. The van der Waals surface area contributed by atoms with E-state index in [2.05, 4.69) is 0 Å². The number of carbonyl (C=O) groups excluding carboxylic acids is 4. The van der Waals surface area contributed by atoms with E-state index < -0.39 is 70.6 Å². The summed E-state index contributed by atoms with van der Waals surface area (Å²) in [7, 11) is 0. The molecule has 0 aromatic carbocycles. The van der Waals surface area contributed by atoms with E-state index in [1.165, 1.54) is 13.8 Å². The summed E-state index contributed by atoms with van der Waals surface area (Å²) in [4.78, 5) is 50.9. The molecule has 0 bridgehead atoms. The third kappa shape index (κ3) is 3.86. The number of ketones is 1. The first kappa shape index (κ1) is 29.4. The van der Waals surface area contributed by atoms with Gasteiger partial charge in [-0.2, -0.15) is 0 Å². The summed E-state index contributed by atoms with van der Waals surface area (Å²) in [6.45, 7) is 10.3. The van der Waals surface area contributed by atoms with Crippen molar-refractivity contribution in [3.8, 4) is 0 Å². The van der Waals surface area contributed by atoms with E-state index in [0.29, 0.717) is 18.4 Å². The number of hydrogen-bond acceptors (Lipinski definition) is 11. The molecule has 6 fully saturated rings. The van der Waals surface area contributed by atoms with E-state index in [1.807, 2.05) is 20.8 Å². The minimum atomic E-state index is -1.32. The van der Waals surface area contributed by atoms with Crippen LogP contribution in [0.15, 0.2) is 11.1 Å². The van der Waals surface area contributed by atoms with Crippen molar-refractivity contribution in [2.24, 2.45) is 40.4 Å². The molecular weight excluding hydrogens is 560 g/mol. The zero-order valence-electron chi connectivity index (χ0n) is 25.5. The molecule has 0 unspecified atom stereocenters. The molecule has 0 spiro atoms. The molecule has 0 amide bonds. The number of aliphatic hydroxyl groups is 2. The van der Waals surface area contributed by atoms with Crippen molar-refractivity contribution in [3.63, 3.8) is 0 Å². The van der Waals surface area contributed by atoms with Crippen LogP contribution in [0.25, 0.3) is 0 Å². The lowest BCUT2D eigenvalue weighted by Gasteiger charge is -2.63. The van der Waals surface area contributed by atoms with Crippen LogP contribution in [0.3, 0.4) is 0 Å². The van der Waals surface area contributed by atoms with Gasteiger partial charge in [-0.1, -0.05) is 20.8 Å². The van der Waals surface area contributed by atoms with Gasteiger partial charge in [0.05, 0.1) is 18.3 Å². The molecular formula is C32H42O11. The number of aliphatic hydroxyl groups excluding tert-OH is 1.